The van der Waals surface area contributed by atoms with Gasteiger partial charge in [-0.25, -0.2) is 0 Å². The van der Waals surface area contributed by atoms with E-state index in [4.69, 9.17) is 0 Å². The molecule has 0 aromatic carbocycles. The minimum Gasteiger partial charge on any atom is -0.299 e. The highest BCUT2D eigenvalue weighted by Gasteiger charge is 2.39. The maximum absolute atomic E-state index is 11.6. The third-order valence-corrected chi connectivity index (χ3v) is 3.42. The van der Waals surface area contributed by atoms with Crippen molar-refractivity contribution in [2.45, 2.75) is 44.9 Å². The summed E-state index contributed by atoms with van der Waals surface area (Å²) in [6, 6.07) is 0. The lowest BCUT2D eigenvalue weighted by molar-refractivity contribution is -0.132. The molecule has 0 aromatic heterocycles. The Hall–Kier alpha value is -0.660. The molecule has 0 saturated heterocycles. The Kier molecular flexibility index (Phi) is 2.47. The first kappa shape index (κ1) is 8.92. The van der Waals surface area contributed by atoms with E-state index >= 15 is 0 Å². The van der Waals surface area contributed by atoms with Crippen molar-refractivity contribution in [3.05, 3.63) is 0 Å². The molecule has 0 aliphatic heterocycles. The molecule has 0 spiro atoms. The van der Waals surface area contributed by atoms with E-state index in [9.17, 15) is 9.59 Å². The van der Waals surface area contributed by atoms with Gasteiger partial charge in [0.25, 0.3) is 0 Å². The van der Waals surface area contributed by atoms with Gasteiger partial charge in [0.2, 0.25) is 0 Å². The van der Waals surface area contributed by atoms with Crippen molar-refractivity contribution in [3.8, 4) is 0 Å². The first-order valence-corrected chi connectivity index (χ1v) is 5.34. The van der Waals surface area contributed by atoms with Crippen molar-refractivity contribution in [1.82, 2.24) is 0 Å². The van der Waals surface area contributed by atoms with Crippen LogP contribution >= 0.6 is 0 Å². The smallest absolute Gasteiger partial charge is 0.143 e. The monoisotopic (exact) mass is 180 g/mol. The molecule has 2 aliphatic rings. The predicted octanol–water partition coefficient (Wildman–Crippen LogP) is 2.11. The predicted molar refractivity (Wildman–Crippen MR) is 49.3 cm³/mol. The number of rotatable bonds is 0. The Morgan fingerprint density at radius 3 is 2.46 bits per heavy atom. The van der Waals surface area contributed by atoms with Gasteiger partial charge in [0, 0.05) is 12.8 Å². The molecule has 2 atom stereocenters. The average Bonchev–Trinajstić information content (AvgIpc) is 2.42. The minimum absolute atomic E-state index is 0.194. The molecule has 0 radical (unpaired) electrons. The summed E-state index contributed by atoms with van der Waals surface area (Å²) in [5, 5.41) is 0. The van der Waals surface area contributed by atoms with Gasteiger partial charge in [-0.05, 0) is 25.2 Å². The van der Waals surface area contributed by atoms with Gasteiger partial charge >= 0.3 is 0 Å². The van der Waals surface area contributed by atoms with Gasteiger partial charge in [0.1, 0.15) is 11.6 Å². The van der Waals surface area contributed by atoms with Gasteiger partial charge in [-0.3, -0.25) is 9.59 Å². The molecule has 0 amide bonds. The molecular formula is C11H16O2. The zero-order chi connectivity index (χ0) is 9.26. The van der Waals surface area contributed by atoms with Crippen molar-refractivity contribution in [1.29, 1.82) is 0 Å². The summed E-state index contributed by atoms with van der Waals surface area (Å²) < 4.78 is 0. The number of hydrogen-bond acceptors (Lipinski definition) is 2. The highest BCUT2D eigenvalue weighted by Crippen LogP contribution is 2.36. The van der Waals surface area contributed by atoms with Crippen LogP contribution in [0.1, 0.15) is 44.9 Å². The van der Waals surface area contributed by atoms with E-state index in [1.165, 1.54) is 12.8 Å². The van der Waals surface area contributed by atoms with E-state index in [0.717, 1.165) is 19.3 Å². The van der Waals surface area contributed by atoms with Crippen molar-refractivity contribution in [3.63, 3.8) is 0 Å². The van der Waals surface area contributed by atoms with E-state index in [-0.39, 0.29) is 17.5 Å². The summed E-state index contributed by atoms with van der Waals surface area (Å²) in [4.78, 5) is 23.1. The van der Waals surface area contributed by atoms with Gasteiger partial charge < -0.3 is 0 Å². The van der Waals surface area contributed by atoms with Crippen LogP contribution in [0.5, 0.6) is 0 Å². The normalized spacial score (nSPS) is 35.4. The summed E-state index contributed by atoms with van der Waals surface area (Å²) in [5.74, 6) is 0.657. The third kappa shape index (κ3) is 1.67. The van der Waals surface area contributed by atoms with Gasteiger partial charge in [-0.2, -0.15) is 0 Å². The molecule has 2 fully saturated rings. The van der Waals surface area contributed by atoms with Crippen LogP contribution < -0.4 is 0 Å². The van der Waals surface area contributed by atoms with Crippen LogP contribution in [0.25, 0.3) is 0 Å². The molecule has 2 heteroatoms. The molecular weight excluding hydrogens is 164 g/mol. The quantitative estimate of drug-likeness (QED) is 0.535. The van der Waals surface area contributed by atoms with Crippen LogP contribution in [0.15, 0.2) is 0 Å². The highest BCUT2D eigenvalue weighted by atomic mass is 16.2. The molecule has 2 aliphatic carbocycles. The van der Waals surface area contributed by atoms with Crippen molar-refractivity contribution < 1.29 is 9.59 Å². The fourth-order valence-electron chi connectivity index (χ4n) is 2.70. The number of carbonyl (C=O) groups is 2. The van der Waals surface area contributed by atoms with Crippen LogP contribution in [-0.4, -0.2) is 11.6 Å². The summed E-state index contributed by atoms with van der Waals surface area (Å²) in [6.07, 6.45) is 6.74. The lowest BCUT2D eigenvalue weighted by Gasteiger charge is -2.19. The average molecular weight is 180 g/mol. The fraction of sp³-hybridized carbons (Fsp3) is 0.818. The highest BCUT2D eigenvalue weighted by molar-refractivity contribution is 6.04. The van der Waals surface area contributed by atoms with Gasteiger partial charge in [0.05, 0.1) is 5.92 Å². The second-order valence-electron chi connectivity index (χ2n) is 4.31. The second kappa shape index (κ2) is 3.60. The Bertz CT molecular complexity index is 232. The standard InChI is InChI=1S/C11H16O2/c12-9-5-3-1-2-4-8-6-7-10(13)11(8)9/h8,11H,1-7H2. The molecule has 0 aromatic rings. The number of ketones is 2. The van der Waals surface area contributed by atoms with E-state index in [0.29, 0.717) is 18.8 Å². The fourth-order valence-corrected chi connectivity index (χ4v) is 2.70. The number of Topliss-reactive ketones (excluding diaryl/α,β-unsaturated/α-hetero) is 2. The van der Waals surface area contributed by atoms with Crippen molar-refractivity contribution in [2.75, 3.05) is 0 Å². The molecule has 2 nitrogen and oxygen atoms in total. The number of fused-ring (bicyclic) bond motifs is 1. The maximum Gasteiger partial charge on any atom is 0.143 e. The summed E-state index contributed by atoms with van der Waals surface area (Å²) in [7, 11) is 0. The Labute approximate surface area is 78.7 Å². The lowest BCUT2D eigenvalue weighted by atomic mass is 9.83. The van der Waals surface area contributed by atoms with E-state index in [1.807, 2.05) is 0 Å². The molecule has 2 rings (SSSR count). The lowest BCUT2D eigenvalue weighted by Crippen LogP contribution is -2.26. The Morgan fingerprint density at radius 1 is 0.846 bits per heavy atom. The minimum atomic E-state index is -0.194. The SMILES string of the molecule is O=C1CCCCCC2CCC(=O)C12. The van der Waals surface area contributed by atoms with E-state index in [2.05, 4.69) is 0 Å². The van der Waals surface area contributed by atoms with Crippen molar-refractivity contribution >= 4 is 11.6 Å². The summed E-state index contributed by atoms with van der Waals surface area (Å²) >= 11 is 0. The first-order chi connectivity index (χ1) is 6.29. The molecule has 0 heterocycles. The molecule has 0 N–H and O–H groups in total. The number of hydrogen-bond donors (Lipinski definition) is 0. The van der Waals surface area contributed by atoms with Crippen LogP contribution in [-0.2, 0) is 9.59 Å². The molecule has 13 heavy (non-hydrogen) atoms. The summed E-state index contributed by atoms with van der Waals surface area (Å²) in [6.45, 7) is 0. The molecule has 2 saturated carbocycles. The zero-order valence-electron chi connectivity index (χ0n) is 7.92. The maximum atomic E-state index is 11.6. The largest absolute Gasteiger partial charge is 0.299 e. The number of carbonyl (C=O) groups excluding carboxylic acids is 2. The van der Waals surface area contributed by atoms with E-state index in [1.54, 1.807) is 0 Å². The topological polar surface area (TPSA) is 34.1 Å². The first-order valence-electron chi connectivity index (χ1n) is 5.34. The summed E-state index contributed by atoms with van der Waals surface area (Å²) in [5.41, 5.74) is 0. The van der Waals surface area contributed by atoms with Crippen LogP contribution in [0.2, 0.25) is 0 Å². The van der Waals surface area contributed by atoms with E-state index < -0.39 is 0 Å². The Morgan fingerprint density at radius 2 is 1.62 bits per heavy atom. The second-order valence-corrected chi connectivity index (χ2v) is 4.31. The van der Waals surface area contributed by atoms with Crippen LogP contribution in [0.3, 0.4) is 0 Å². The van der Waals surface area contributed by atoms with Gasteiger partial charge in [-0.15, -0.1) is 0 Å². The molecule has 0 bridgehead atoms. The van der Waals surface area contributed by atoms with Crippen molar-refractivity contribution in [2.24, 2.45) is 11.8 Å². The molecule has 72 valence electrons. The van der Waals surface area contributed by atoms with Gasteiger partial charge in [-0.1, -0.05) is 12.8 Å². The third-order valence-electron chi connectivity index (χ3n) is 3.42. The Balaban J connectivity index is 2.13. The zero-order valence-corrected chi connectivity index (χ0v) is 7.92. The molecule has 2 unspecified atom stereocenters. The van der Waals surface area contributed by atoms with Crippen LogP contribution in [0, 0.1) is 11.8 Å². The van der Waals surface area contributed by atoms with Crippen LogP contribution in [0.4, 0.5) is 0 Å². The van der Waals surface area contributed by atoms with Gasteiger partial charge in [0.15, 0.2) is 0 Å².